The second-order valence-corrected chi connectivity index (χ2v) is 7.73. The summed E-state index contributed by atoms with van der Waals surface area (Å²) in [6.07, 6.45) is 0. The second-order valence-electron chi connectivity index (χ2n) is 6.79. The largest absolute Gasteiger partial charge is 0.485 e. The van der Waals surface area contributed by atoms with Gasteiger partial charge in [-0.1, -0.05) is 36.0 Å². The van der Waals surface area contributed by atoms with E-state index in [1.165, 1.54) is 11.8 Å². The quantitative estimate of drug-likeness (QED) is 0.581. The Balaban J connectivity index is 1.51. The number of carbonyl (C=O) groups is 1. The molecule has 2 N–H and O–H groups in total. The van der Waals surface area contributed by atoms with Gasteiger partial charge in [0, 0.05) is 5.69 Å². The number of thioether (sulfide) groups is 1. The molecule has 28 heavy (non-hydrogen) atoms. The zero-order chi connectivity index (χ0) is 20.1. The standard InChI is InChI=1S/C21H24N4O2S/c1-13-8-14(2)10-17(9-13)22-19(26)12-28-21-23-18(24-25-21)11-27-20-15(3)6-5-7-16(20)4/h5-10H,11-12H2,1-4H3,(H,22,26)(H,23,24,25). The second kappa shape index (κ2) is 8.93. The highest BCUT2D eigenvalue weighted by molar-refractivity contribution is 7.99. The molecule has 0 aliphatic rings. The Labute approximate surface area is 169 Å². The number of hydrogen-bond acceptors (Lipinski definition) is 5. The van der Waals surface area contributed by atoms with Crippen molar-refractivity contribution >= 4 is 23.4 Å². The minimum absolute atomic E-state index is 0.0897. The topological polar surface area (TPSA) is 79.9 Å². The lowest BCUT2D eigenvalue weighted by molar-refractivity contribution is -0.113. The van der Waals surface area contributed by atoms with Crippen molar-refractivity contribution in [1.82, 2.24) is 15.2 Å². The molecule has 7 heteroatoms. The Kier molecular flexibility index (Phi) is 6.36. The van der Waals surface area contributed by atoms with E-state index in [0.717, 1.165) is 33.7 Å². The molecule has 1 amide bonds. The van der Waals surface area contributed by atoms with Crippen LogP contribution in [0.5, 0.6) is 5.75 Å². The predicted molar refractivity (Wildman–Crippen MR) is 112 cm³/mol. The van der Waals surface area contributed by atoms with E-state index in [4.69, 9.17) is 4.74 Å². The van der Waals surface area contributed by atoms with E-state index in [9.17, 15) is 4.79 Å². The minimum Gasteiger partial charge on any atom is -0.485 e. The molecule has 0 fully saturated rings. The molecule has 0 bridgehead atoms. The highest BCUT2D eigenvalue weighted by atomic mass is 32.2. The van der Waals surface area contributed by atoms with Gasteiger partial charge in [-0.3, -0.25) is 9.89 Å². The number of H-pyrrole nitrogens is 1. The molecule has 146 valence electrons. The van der Waals surface area contributed by atoms with Crippen LogP contribution in [0.3, 0.4) is 0 Å². The molecular weight excluding hydrogens is 372 g/mol. The van der Waals surface area contributed by atoms with Crippen LogP contribution in [0.15, 0.2) is 41.6 Å². The summed E-state index contributed by atoms with van der Waals surface area (Å²) in [6.45, 7) is 8.34. The van der Waals surface area contributed by atoms with Crippen molar-refractivity contribution in [2.45, 2.75) is 39.5 Å². The number of nitrogens with zero attached hydrogens (tertiary/aromatic N) is 2. The van der Waals surface area contributed by atoms with Crippen molar-refractivity contribution in [2.75, 3.05) is 11.1 Å². The molecule has 0 unspecified atom stereocenters. The summed E-state index contributed by atoms with van der Waals surface area (Å²) in [6, 6.07) is 12.0. The first-order valence-corrected chi connectivity index (χ1v) is 10.0. The van der Waals surface area contributed by atoms with E-state index in [0.29, 0.717) is 17.6 Å². The number of aromatic amines is 1. The van der Waals surface area contributed by atoms with Crippen molar-refractivity contribution in [3.05, 3.63) is 64.5 Å². The zero-order valence-electron chi connectivity index (χ0n) is 16.5. The maximum absolute atomic E-state index is 12.2. The third-order valence-electron chi connectivity index (χ3n) is 4.11. The first kappa shape index (κ1) is 19.9. The normalized spacial score (nSPS) is 10.7. The Morgan fingerprint density at radius 2 is 1.79 bits per heavy atom. The molecule has 0 radical (unpaired) electrons. The molecule has 0 aliphatic heterocycles. The SMILES string of the molecule is Cc1cc(C)cc(NC(=O)CSc2n[nH]c(COc3c(C)cccc3C)n2)c1. The number of hydrogen-bond donors (Lipinski definition) is 2. The van der Waals surface area contributed by atoms with Gasteiger partial charge in [-0.05, 0) is 62.1 Å². The van der Waals surface area contributed by atoms with Crippen molar-refractivity contribution in [3.63, 3.8) is 0 Å². The van der Waals surface area contributed by atoms with Crippen LogP contribution in [-0.2, 0) is 11.4 Å². The van der Waals surface area contributed by atoms with Crippen LogP contribution in [0.25, 0.3) is 0 Å². The van der Waals surface area contributed by atoms with Crippen LogP contribution in [0.4, 0.5) is 5.69 Å². The van der Waals surface area contributed by atoms with Gasteiger partial charge in [0.15, 0.2) is 5.82 Å². The van der Waals surface area contributed by atoms with Crippen LogP contribution >= 0.6 is 11.8 Å². The number of para-hydroxylation sites is 1. The lowest BCUT2D eigenvalue weighted by atomic mass is 10.1. The number of amides is 1. The van der Waals surface area contributed by atoms with Gasteiger partial charge in [-0.15, -0.1) is 5.10 Å². The van der Waals surface area contributed by atoms with Gasteiger partial charge in [-0.25, -0.2) is 4.98 Å². The van der Waals surface area contributed by atoms with E-state index < -0.39 is 0 Å². The van der Waals surface area contributed by atoms with E-state index in [1.54, 1.807) is 0 Å². The van der Waals surface area contributed by atoms with Crippen LogP contribution in [0, 0.1) is 27.7 Å². The molecule has 0 aliphatic carbocycles. The summed E-state index contributed by atoms with van der Waals surface area (Å²) >= 11 is 1.28. The fourth-order valence-corrected chi connectivity index (χ4v) is 3.57. The van der Waals surface area contributed by atoms with E-state index in [2.05, 4.69) is 26.6 Å². The molecule has 0 spiro atoms. The first-order chi connectivity index (χ1) is 13.4. The molecule has 1 heterocycles. The number of aryl methyl sites for hydroxylation is 4. The van der Waals surface area contributed by atoms with Gasteiger partial charge >= 0.3 is 0 Å². The molecule has 3 rings (SSSR count). The molecule has 3 aromatic rings. The Morgan fingerprint density at radius 1 is 1.11 bits per heavy atom. The third kappa shape index (κ3) is 5.36. The summed E-state index contributed by atoms with van der Waals surface area (Å²) < 4.78 is 5.87. The summed E-state index contributed by atoms with van der Waals surface area (Å²) in [7, 11) is 0. The average molecular weight is 397 g/mol. The number of anilines is 1. The van der Waals surface area contributed by atoms with Crippen molar-refractivity contribution in [1.29, 1.82) is 0 Å². The van der Waals surface area contributed by atoms with Gasteiger partial charge in [0.05, 0.1) is 5.75 Å². The van der Waals surface area contributed by atoms with Crippen LogP contribution in [0.1, 0.15) is 28.1 Å². The molecule has 6 nitrogen and oxygen atoms in total. The van der Waals surface area contributed by atoms with Gasteiger partial charge in [0.1, 0.15) is 12.4 Å². The molecule has 1 aromatic heterocycles. The minimum atomic E-state index is -0.0897. The number of rotatable bonds is 7. The summed E-state index contributed by atoms with van der Waals surface area (Å²) in [5.41, 5.74) is 5.20. The van der Waals surface area contributed by atoms with Crippen LogP contribution in [0.2, 0.25) is 0 Å². The Hall–Kier alpha value is -2.80. The predicted octanol–water partition coefficient (Wildman–Crippen LogP) is 4.35. The molecule has 0 saturated heterocycles. The maximum atomic E-state index is 12.2. The lowest BCUT2D eigenvalue weighted by Crippen LogP contribution is -2.14. The fraction of sp³-hybridized carbons (Fsp3) is 0.286. The lowest BCUT2D eigenvalue weighted by Gasteiger charge is -2.10. The van der Waals surface area contributed by atoms with E-state index >= 15 is 0 Å². The highest BCUT2D eigenvalue weighted by Crippen LogP contribution is 2.23. The monoisotopic (exact) mass is 396 g/mol. The van der Waals surface area contributed by atoms with Gasteiger partial charge in [-0.2, -0.15) is 0 Å². The maximum Gasteiger partial charge on any atom is 0.234 e. The molecular formula is C21H24N4O2S. The third-order valence-corrected chi connectivity index (χ3v) is 4.96. The fourth-order valence-electron chi connectivity index (χ4n) is 2.95. The summed E-state index contributed by atoms with van der Waals surface area (Å²) in [5, 5.41) is 10.4. The Morgan fingerprint density at radius 3 is 2.46 bits per heavy atom. The van der Waals surface area contributed by atoms with Crippen molar-refractivity contribution < 1.29 is 9.53 Å². The average Bonchev–Trinajstić information content (AvgIpc) is 3.06. The number of ether oxygens (including phenoxy) is 1. The number of nitrogens with one attached hydrogen (secondary N) is 2. The van der Waals surface area contributed by atoms with Gasteiger partial charge in [0.25, 0.3) is 0 Å². The zero-order valence-corrected chi connectivity index (χ0v) is 17.3. The first-order valence-electron chi connectivity index (χ1n) is 9.02. The van der Waals surface area contributed by atoms with Crippen molar-refractivity contribution in [3.8, 4) is 5.75 Å². The van der Waals surface area contributed by atoms with E-state index in [-0.39, 0.29) is 11.7 Å². The Bertz CT molecular complexity index is 944. The number of carbonyl (C=O) groups excluding carboxylic acids is 1. The highest BCUT2D eigenvalue weighted by Gasteiger charge is 2.10. The van der Waals surface area contributed by atoms with Gasteiger partial charge < -0.3 is 10.1 Å². The van der Waals surface area contributed by atoms with Crippen LogP contribution in [-0.4, -0.2) is 26.8 Å². The van der Waals surface area contributed by atoms with E-state index in [1.807, 2.05) is 58.0 Å². The number of aromatic nitrogens is 3. The smallest absolute Gasteiger partial charge is 0.234 e. The summed E-state index contributed by atoms with van der Waals surface area (Å²) in [5.74, 6) is 1.64. The number of benzene rings is 2. The molecule has 0 saturated carbocycles. The molecule has 0 atom stereocenters. The van der Waals surface area contributed by atoms with Crippen molar-refractivity contribution in [2.24, 2.45) is 0 Å². The summed E-state index contributed by atoms with van der Waals surface area (Å²) in [4.78, 5) is 16.6. The van der Waals surface area contributed by atoms with Gasteiger partial charge in [0.2, 0.25) is 11.1 Å². The van der Waals surface area contributed by atoms with Crippen LogP contribution < -0.4 is 10.1 Å². The molecule has 2 aromatic carbocycles.